The summed E-state index contributed by atoms with van der Waals surface area (Å²) in [5, 5.41) is 23.3. The average Bonchev–Trinajstić information content (AvgIpc) is 2.49. The van der Waals surface area contributed by atoms with E-state index in [4.69, 9.17) is 16.9 Å². The zero-order valence-electron chi connectivity index (χ0n) is 11.0. The van der Waals surface area contributed by atoms with Gasteiger partial charge in [-0.3, -0.25) is 10.1 Å². The molecule has 2 aromatic rings. The fraction of sp³-hybridized carbons (Fsp3) is 0.133. The third-order valence-corrected chi connectivity index (χ3v) is 3.35. The van der Waals surface area contributed by atoms with Gasteiger partial charge in [-0.05, 0) is 17.7 Å². The minimum absolute atomic E-state index is 0.0934. The van der Waals surface area contributed by atoms with Crippen LogP contribution in [0.2, 0.25) is 5.02 Å². The molecule has 0 amide bonds. The molecule has 21 heavy (non-hydrogen) atoms. The van der Waals surface area contributed by atoms with Gasteiger partial charge in [-0.1, -0.05) is 35.9 Å². The second kappa shape index (κ2) is 6.84. The molecule has 0 aliphatic heterocycles. The van der Waals surface area contributed by atoms with Crippen LogP contribution in [0.4, 0.5) is 5.69 Å². The number of para-hydroxylation sites is 1. The van der Waals surface area contributed by atoms with Crippen LogP contribution in [0.3, 0.4) is 0 Å². The monoisotopic (exact) mass is 301 g/mol. The maximum atomic E-state index is 10.9. The van der Waals surface area contributed by atoms with Gasteiger partial charge in [0.25, 0.3) is 5.69 Å². The average molecular weight is 302 g/mol. The lowest BCUT2D eigenvalue weighted by Crippen LogP contribution is -2.14. The summed E-state index contributed by atoms with van der Waals surface area (Å²) in [7, 11) is 0. The third-order valence-electron chi connectivity index (χ3n) is 3.00. The topological polar surface area (TPSA) is 79.0 Å². The summed E-state index contributed by atoms with van der Waals surface area (Å²) in [4.78, 5) is 10.5. The molecule has 0 saturated carbocycles. The van der Waals surface area contributed by atoms with Crippen molar-refractivity contribution in [3.05, 3.63) is 74.3 Å². The Morgan fingerprint density at radius 2 is 1.90 bits per heavy atom. The van der Waals surface area contributed by atoms with Crippen LogP contribution < -0.4 is 5.32 Å². The summed E-state index contributed by atoms with van der Waals surface area (Å²) in [5.74, 6) is 0. The van der Waals surface area contributed by atoms with Gasteiger partial charge in [0.05, 0.1) is 16.6 Å². The standard InChI is InChI=1S/C15H12ClN3O2/c16-14-7-11(8-17)5-6-12(14)9-18-10-13-3-1-2-4-15(13)19(20)21/h1-7,18H,9-10H2. The molecule has 0 aliphatic carbocycles. The van der Waals surface area contributed by atoms with Gasteiger partial charge >= 0.3 is 0 Å². The third kappa shape index (κ3) is 3.78. The van der Waals surface area contributed by atoms with Crippen molar-refractivity contribution in [3.8, 4) is 6.07 Å². The maximum Gasteiger partial charge on any atom is 0.273 e. The lowest BCUT2D eigenvalue weighted by molar-refractivity contribution is -0.385. The molecule has 2 aromatic carbocycles. The van der Waals surface area contributed by atoms with Gasteiger partial charge in [0, 0.05) is 29.7 Å². The number of nitrogens with one attached hydrogen (secondary N) is 1. The van der Waals surface area contributed by atoms with Crippen molar-refractivity contribution in [2.75, 3.05) is 0 Å². The zero-order chi connectivity index (χ0) is 15.2. The number of hydrogen-bond acceptors (Lipinski definition) is 4. The summed E-state index contributed by atoms with van der Waals surface area (Å²) in [5.41, 5.74) is 2.06. The highest BCUT2D eigenvalue weighted by Gasteiger charge is 2.11. The summed E-state index contributed by atoms with van der Waals surface area (Å²) in [6.07, 6.45) is 0. The van der Waals surface area contributed by atoms with Crippen molar-refractivity contribution >= 4 is 17.3 Å². The molecule has 0 spiro atoms. The number of nitro benzene ring substituents is 1. The summed E-state index contributed by atoms with van der Waals surface area (Å²) < 4.78 is 0. The first-order valence-corrected chi connectivity index (χ1v) is 6.61. The Morgan fingerprint density at radius 1 is 1.19 bits per heavy atom. The van der Waals surface area contributed by atoms with Gasteiger partial charge in [0.2, 0.25) is 0 Å². The quantitative estimate of drug-likeness (QED) is 0.678. The molecule has 106 valence electrons. The smallest absolute Gasteiger partial charge is 0.273 e. The van der Waals surface area contributed by atoms with E-state index in [2.05, 4.69) is 5.32 Å². The van der Waals surface area contributed by atoms with Gasteiger partial charge < -0.3 is 5.32 Å². The van der Waals surface area contributed by atoms with Crippen LogP contribution in [-0.4, -0.2) is 4.92 Å². The van der Waals surface area contributed by atoms with Gasteiger partial charge in [-0.2, -0.15) is 5.26 Å². The van der Waals surface area contributed by atoms with Crippen LogP contribution in [0.25, 0.3) is 0 Å². The minimum atomic E-state index is -0.397. The SMILES string of the molecule is N#Cc1ccc(CNCc2ccccc2[N+](=O)[O-])c(Cl)c1. The predicted molar refractivity (Wildman–Crippen MR) is 79.8 cm³/mol. The highest BCUT2D eigenvalue weighted by atomic mass is 35.5. The molecular weight excluding hydrogens is 290 g/mol. The van der Waals surface area contributed by atoms with Crippen molar-refractivity contribution in [1.29, 1.82) is 5.26 Å². The van der Waals surface area contributed by atoms with E-state index in [0.29, 0.717) is 29.2 Å². The highest BCUT2D eigenvalue weighted by molar-refractivity contribution is 6.31. The number of nitro groups is 1. The fourth-order valence-electron chi connectivity index (χ4n) is 1.93. The van der Waals surface area contributed by atoms with Crippen LogP contribution in [0.1, 0.15) is 16.7 Å². The molecule has 0 heterocycles. The largest absolute Gasteiger partial charge is 0.308 e. The fourth-order valence-corrected chi connectivity index (χ4v) is 2.18. The first-order chi connectivity index (χ1) is 10.1. The van der Waals surface area contributed by atoms with Gasteiger partial charge in [0.15, 0.2) is 0 Å². The predicted octanol–water partition coefficient (Wildman–Crippen LogP) is 3.41. The van der Waals surface area contributed by atoms with E-state index >= 15 is 0 Å². The normalized spacial score (nSPS) is 10.1. The Bertz CT molecular complexity index is 710. The lowest BCUT2D eigenvalue weighted by atomic mass is 10.1. The Labute approximate surface area is 126 Å². The number of nitriles is 1. The number of halogens is 1. The molecule has 0 unspecified atom stereocenters. The number of benzene rings is 2. The van der Waals surface area contributed by atoms with E-state index in [-0.39, 0.29) is 5.69 Å². The maximum absolute atomic E-state index is 10.9. The highest BCUT2D eigenvalue weighted by Crippen LogP contribution is 2.19. The molecule has 0 aliphatic rings. The van der Waals surface area contributed by atoms with Crippen molar-refractivity contribution < 1.29 is 4.92 Å². The van der Waals surface area contributed by atoms with Crippen molar-refractivity contribution in [2.45, 2.75) is 13.1 Å². The Kier molecular flexibility index (Phi) is 4.88. The van der Waals surface area contributed by atoms with E-state index in [0.717, 1.165) is 5.56 Å². The molecule has 0 bridgehead atoms. The summed E-state index contributed by atoms with van der Waals surface area (Å²) >= 11 is 6.07. The minimum Gasteiger partial charge on any atom is -0.308 e. The van der Waals surface area contributed by atoms with Gasteiger partial charge in [-0.15, -0.1) is 0 Å². The second-order valence-corrected chi connectivity index (χ2v) is 4.81. The molecule has 0 aromatic heterocycles. The van der Waals surface area contributed by atoms with Crippen LogP contribution in [0, 0.1) is 21.4 Å². The molecule has 1 N–H and O–H groups in total. The molecule has 0 saturated heterocycles. The van der Waals surface area contributed by atoms with Crippen molar-refractivity contribution in [3.63, 3.8) is 0 Å². The Morgan fingerprint density at radius 3 is 2.57 bits per heavy atom. The lowest BCUT2D eigenvalue weighted by Gasteiger charge is -2.07. The van der Waals surface area contributed by atoms with Crippen LogP contribution in [-0.2, 0) is 13.1 Å². The van der Waals surface area contributed by atoms with Crippen molar-refractivity contribution in [1.82, 2.24) is 5.32 Å². The molecular formula is C15H12ClN3O2. The van der Waals surface area contributed by atoms with E-state index < -0.39 is 4.92 Å². The van der Waals surface area contributed by atoms with Gasteiger partial charge in [0.1, 0.15) is 0 Å². The van der Waals surface area contributed by atoms with E-state index in [1.807, 2.05) is 6.07 Å². The van der Waals surface area contributed by atoms with E-state index in [1.165, 1.54) is 6.07 Å². The van der Waals surface area contributed by atoms with Gasteiger partial charge in [-0.25, -0.2) is 0 Å². The van der Waals surface area contributed by atoms with E-state index in [1.54, 1.807) is 36.4 Å². The van der Waals surface area contributed by atoms with Crippen LogP contribution in [0.5, 0.6) is 0 Å². The molecule has 0 atom stereocenters. The molecule has 5 nitrogen and oxygen atoms in total. The summed E-state index contributed by atoms with van der Waals surface area (Å²) in [6, 6.07) is 13.7. The number of hydrogen-bond donors (Lipinski definition) is 1. The Hall–Kier alpha value is -2.42. The number of rotatable bonds is 5. The van der Waals surface area contributed by atoms with Crippen molar-refractivity contribution in [2.24, 2.45) is 0 Å². The molecule has 6 heteroatoms. The van der Waals surface area contributed by atoms with Crippen LogP contribution in [0.15, 0.2) is 42.5 Å². The van der Waals surface area contributed by atoms with Crippen LogP contribution >= 0.6 is 11.6 Å². The van der Waals surface area contributed by atoms with E-state index in [9.17, 15) is 10.1 Å². The Balaban J connectivity index is 2.02. The molecule has 0 radical (unpaired) electrons. The summed E-state index contributed by atoms with van der Waals surface area (Å²) in [6.45, 7) is 0.837. The molecule has 2 rings (SSSR count). The molecule has 0 fully saturated rings. The second-order valence-electron chi connectivity index (χ2n) is 4.41. The first-order valence-electron chi connectivity index (χ1n) is 6.23. The zero-order valence-corrected chi connectivity index (χ0v) is 11.8. The first kappa shape index (κ1) is 15.0. The number of nitrogens with zero attached hydrogens (tertiary/aromatic N) is 2.